The van der Waals surface area contributed by atoms with E-state index in [4.69, 9.17) is 0 Å². The predicted molar refractivity (Wildman–Crippen MR) is 81.6 cm³/mol. The zero-order valence-corrected chi connectivity index (χ0v) is 13.4. The van der Waals surface area contributed by atoms with Gasteiger partial charge in [-0.15, -0.1) is 0 Å². The van der Waals surface area contributed by atoms with Gasteiger partial charge in [0.05, 0.1) is 0 Å². The smallest absolute Gasteiger partial charge is 0.320 e. The largest absolute Gasteiger partial charge is 0.325 e. The Balaban J connectivity index is 0.000000555. The van der Waals surface area contributed by atoms with Gasteiger partial charge in [0.2, 0.25) is 0 Å². The summed E-state index contributed by atoms with van der Waals surface area (Å²) in [6.45, 7) is 15.8. The summed E-state index contributed by atoms with van der Waals surface area (Å²) in [6.07, 6.45) is 0. The lowest BCUT2D eigenvalue weighted by Crippen LogP contribution is -2.51. The number of urea groups is 1. The van der Waals surface area contributed by atoms with E-state index in [0.29, 0.717) is 0 Å². The maximum atomic E-state index is 11.9. The van der Waals surface area contributed by atoms with Gasteiger partial charge < -0.3 is 20.0 Å². The van der Waals surface area contributed by atoms with E-state index < -0.39 is 0 Å². The number of carbonyl (C=O) groups is 1. The van der Waals surface area contributed by atoms with Crippen LogP contribution in [0.15, 0.2) is 0 Å². The second-order valence-corrected chi connectivity index (χ2v) is 4.70. The van der Waals surface area contributed by atoms with E-state index in [1.54, 1.807) is 0 Å². The minimum absolute atomic E-state index is 0.197. The van der Waals surface area contributed by atoms with Crippen LogP contribution in [0.2, 0.25) is 0 Å². The van der Waals surface area contributed by atoms with Crippen molar-refractivity contribution in [3.05, 3.63) is 0 Å². The van der Waals surface area contributed by atoms with Crippen molar-refractivity contribution in [2.75, 3.05) is 59.4 Å². The van der Waals surface area contributed by atoms with Gasteiger partial charge in [-0.05, 0) is 34.0 Å². The van der Waals surface area contributed by atoms with Crippen LogP contribution in [-0.2, 0) is 0 Å². The average molecular weight is 272 g/mol. The Morgan fingerprint density at radius 2 is 1.47 bits per heavy atom. The van der Waals surface area contributed by atoms with Crippen LogP contribution in [0.5, 0.6) is 0 Å². The van der Waals surface area contributed by atoms with Gasteiger partial charge in [-0.2, -0.15) is 0 Å². The first-order chi connectivity index (χ1) is 9.10. The number of rotatable bonds is 4. The van der Waals surface area contributed by atoms with Crippen molar-refractivity contribution in [1.82, 2.24) is 20.0 Å². The monoisotopic (exact) mass is 272 g/mol. The molecule has 1 rings (SSSR count). The van der Waals surface area contributed by atoms with Crippen LogP contribution < -0.4 is 5.32 Å². The van der Waals surface area contributed by atoms with Gasteiger partial charge in [-0.3, -0.25) is 0 Å². The number of hydrogen-bond acceptors (Lipinski definition) is 3. The Kier molecular flexibility index (Phi) is 10.6. The van der Waals surface area contributed by atoms with Crippen LogP contribution in [0.3, 0.4) is 0 Å². The van der Waals surface area contributed by atoms with Gasteiger partial charge in [0.1, 0.15) is 0 Å². The number of nitrogens with zero attached hydrogens (tertiary/aromatic N) is 3. The topological polar surface area (TPSA) is 38.8 Å². The van der Waals surface area contributed by atoms with Gasteiger partial charge in [-0.1, -0.05) is 13.8 Å². The Bertz CT molecular complexity index is 221. The van der Waals surface area contributed by atoms with E-state index in [1.807, 2.05) is 23.6 Å². The number of piperazine rings is 1. The molecule has 0 atom stereocenters. The summed E-state index contributed by atoms with van der Waals surface area (Å²) in [7, 11) is 2.10. The van der Waals surface area contributed by atoms with E-state index in [9.17, 15) is 4.79 Å². The molecular formula is C14H32N4O. The third-order valence-electron chi connectivity index (χ3n) is 3.31. The summed E-state index contributed by atoms with van der Waals surface area (Å²) < 4.78 is 0. The third kappa shape index (κ3) is 7.38. The van der Waals surface area contributed by atoms with Crippen molar-refractivity contribution in [3.8, 4) is 0 Å². The van der Waals surface area contributed by atoms with Crippen LogP contribution in [0, 0.1) is 0 Å². The highest BCUT2D eigenvalue weighted by atomic mass is 16.2. The van der Waals surface area contributed by atoms with Crippen LogP contribution in [0.25, 0.3) is 0 Å². The number of amides is 2. The number of hydrogen-bond donors (Lipinski definition) is 1. The van der Waals surface area contributed by atoms with Crippen molar-refractivity contribution in [1.29, 1.82) is 0 Å². The summed E-state index contributed by atoms with van der Waals surface area (Å²) in [6, 6.07) is 0.197. The first-order valence-electron chi connectivity index (χ1n) is 7.53. The summed E-state index contributed by atoms with van der Waals surface area (Å²) in [5.41, 5.74) is 0. The lowest BCUT2D eigenvalue weighted by molar-refractivity contribution is 0.125. The molecule has 1 aliphatic rings. The van der Waals surface area contributed by atoms with E-state index in [0.717, 1.165) is 52.4 Å². The second-order valence-electron chi connectivity index (χ2n) is 4.70. The Morgan fingerprint density at radius 3 is 1.79 bits per heavy atom. The molecule has 0 saturated carbocycles. The van der Waals surface area contributed by atoms with Crippen molar-refractivity contribution in [3.63, 3.8) is 0 Å². The molecule has 0 aromatic rings. The lowest BCUT2D eigenvalue weighted by Gasteiger charge is -2.35. The van der Waals surface area contributed by atoms with Crippen molar-refractivity contribution in [2.45, 2.75) is 27.7 Å². The minimum atomic E-state index is 0.197. The standard InChI is InChI=1S/C10H21N3O.C4H11N/c1-4-12(5-2)10(14)13-8-6-11(3)7-9-13;1-3-5-4-2/h4-9H2,1-3H3;5H,3-4H2,1-2H3. The van der Waals surface area contributed by atoms with Gasteiger partial charge in [-0.25, -0.2) is 4.79 Å². The van der Waals surface area contributed by atoms with Crippen LogP contribution in [0.4, 0.5) is 4.79 Å². The fourth-order valence-corrected chi connectivity index (χ4v) is 1.94. The minimum Gasteiger partial charge on any atom is -0.325 e. The Morgan fingerprint density at radius 1 is 1.00 bits per heavy atom. The number of nitrogens with one attached hydrogen (secondary N) is 1. The van der Waals surface area contributed by atoms with Crippen molar-refractivity contribution < 1.29 is 4.79 Å². The summed E-state index contributed by atoms with van der Waals surface area (Å²) in [5.74, 6) is 0. The highest BCUT2D eigenvalue weighted by Crippen LogP contribution is 2.03. The molecule has 1 aliphatic heterocycles. The molecular weight excluding hydrogens is 240 g/mol. The molecule has 1 saturated heterocycles. The molecule has 0 bridgehead atoms. The fraction of sp³-hybridized carbons (Fsp3) is 0.929. The first-order valence-corrected chi connectivity index (χ1v) is 7.53. The van der Waals surface area contributed by atoms with Crippen molar-refractivity contribution in [2.24, 2.45) is 0 Å². The van der Waals surface area contributed by atoms with Gasteiger partial charge in [0.15, 0.2) is 0 Å². The molecule has 0 aliphatic carbocycles. The molecule has 0 aromatic heterocycles. The van der Waals surface area contributed by atoms with Crippen LogP contribution in [0.1, 0.15) is 27.7 Å². The zero-order chi connectivity index (χ0) is 14.7. The molecule has 19 heavy (non-hydrogen) atoms. The highest BCUT2D eigenvalue weighted by molar-refractivity contribution is 5.74. The van der Waals surface area contributed by atoms with E-state index in [1.165, 1.54) is 0 Å². The van der Waals surface area contributed by atoms with E-state index >= 15 is 0 Å². The number of carbonyl (C=O) groups excluding carboxylic acids is 1. The molecule has 0 radical (unpaired) electrons. The quantitative estimate of drug-likeness (QED) is 0.839. The molecule has 0 unspecified atom stereocenters. The maximum absolute atomic E-state index is 11.9. The van der Waals surface area contributed by atoms with Crippen molar-refractivity contribution >= 4 is 6.03 Å². The fourth-order valence-electron chi connectivity index (χ4n) is 1.94. The normalized spacial score (nSPS) is 15.7. The number of likely N-dealkylation sites (N-methyl/N-ethyl adjacent to an activating group) is 1. The Labute approximate surface area is 118 Å². The summed E-state index contributed by atoms with van der Waals surface area (Å²) in [5, 5.41) is 3.11. The first kappa shape index (κ1) is 18.2. The van der Waals surface area contributed by atoms with Crippen LogP contribution >= 0.6 is 0 Å². The lowest BCUT2D eigenvalue weighted by atomic mass is 10.3. The molecule has 1 heterocycles. The molecule has 2 amide bonds. The third-order valence-corrected chi connectivity index (χ3v) is 3.31. The molecule has 1 N–H and O–H groups in total. The predicted octanol–water partition coefficient (Wildman–Crippen LogP) is 1.31. The van der Waals surface area contributed by atoms with E-state index in [-0.39, 0.29) is 6.03 Å². The molecule has 0 aromatic carbocycles. The van der Waals surface area contributed by atoms with E-state index in [2.05, 4.69) is 31.1 Å². The molecule has 114 valence electrons. The molecule has 5 heteroatoms. The SMILES string of the molecule is CCN(CC)C(=O)N1CCN(C)CC1.CCNCC. The average Bonchev–Trinajstić information content (AvgIpc) is 2.42. The summed E-state index contributed by atoms with van der Waals surface area (Å²) in [4.78, 5) is 18.0. The maximum Gasteiger partial charge on any atom is 0.320 e. The Hall–Kier alpha value is -0.810. The second kappa shape index (κ2) is 11.1. The highest BCUT2D eigenvalue weighted by Gasteiger charge is 2.21. The van der Waals surface area contributed by atoms with Crippen LogP contribution in [-0.4, -0.2) is 80.1 Å². The molecule has 5 nitrogen and oxygen atoms in total. The van der Waals surface area contributed by atoms with Gasteiger partial charge >= 0.3 is 6.03 Å². The molecule has 1 fully saturated rings. The van der Waals surface area contributed by atoms with Gasteiger partial charge in [0, 0.05) is 39.3 Å². The molecule has 0 spiro atoms. The zero-order valence-electron chi connectivity index (χ0n) is 13.4. The van der Waals surface area contributed by atoms with Gasteiger partial charge in [0.25, 0.3) is 0 Å². The summed E-state index contributed by atoms with van der Waals surface area (Å²) >= 11 is 0.